The van der Waals surface area contributed by atoms with E-state index >= 15 is 0 Å². The number of hydrogen-bond donors (Lipinski definition) is 1. The molecule has 1 N–H and O–H groups in total. The lowest BCUT2D eigenvalue weighted by Gasteiger charge is -2.17. The Labute approximate surface area is 130 Å². The Morgan fingerprint density at radius 3 is 2.67 bits per heavy atom. The number of aryl methyl sites for hydroxylation is 1. The molecule has 0 aliphatic heterocycles. The largest absolute Gasteiger partial charge is 0.348 e. The van der Waals surface area contributed by atoms with E-state index in [4.69, 9.17) is 0 Å². The number of carbonyl (C=O) groups is 1. The molecule has 0 heterocycles. The van der Waals surface area contributed by atoms with Crippen LogP contribution in [0, 0.1) is 0 Å². The zero-order valence-electron chi connectivity index (χ0n) is 12.1. The van der Waals surface area contributed by atoms with Gasteiger partial charge in [-0.15, -0.1) is 11.8 Å². The summed E-state index contributed by atoms with van der Waals surface area (Å²) >= 11 is 1.60. The van der Waals surface area contributed by atoms with E-state index < -0.39 is 0 Å². The highest BCUT2D eigenvalue weighted by molar-refractivity contribution is 8.00. The molecule has 2 nitrogen and oxygen atoms in total. The second kappa shape index (κ2) is 6.35. The lowest BCUT2D eigenvalue weighted by Crippen LogP contribution is -2.33. The average molecular weight is 297 g/mol. The molecule has 21 heavy (non-hydrogen) atoms. The third-order valence-corrected chi connectivity index (χ3v) is 4.99. The lowest BCUT2D eigenvalue weighted by molar-refractivity contribution is -0.121. The van der Waals surface area contributed by atoms with E-state index in [1.165, 1.54) is 11.1 Å². The summed E-state index contributed by atoms with van der Waals surface area (Å²) in [4.78, 5) is 13.5. The van der Waals surface area contributed by atoms with Crippen LogP contribution in [0.4, 0.5) is 0 Å². The Morgan fingerprint density at radius 2 is 1.86 bits per heavy atom. The number of thioether (sulfide) groups is 1. The van der Waals surface area contributed by atoms with Gasteiger partial charge in [0.2, 0.25) is 5.91 Å². The van der Waals surface area contributed by atoms with Gasteiger partial charge in [-0.3, -0.25) is 4.79 Å². The molecule has 1 amide bonds. The summed E-state index contributed by atoms with van der Waals surface area (Å²) in [5.74, 6) is 0.116. The maximum atomic E-state index is 12.4. The van der Waals surface area contributed by atoms with Gasteiger partial charge in [0.05, 0.1) is 11.3 Å². The maximum absolute atomic E-state index is 12.4. The van der Waals surface area contributed by atoms with Crippen molar-refractivity contribution >= 4 is 17.7 Å². The number of rotatable bonds is 4. The summed E-state index contributed by atoms with van der Waals surface area (Å²) in [6.45, 7) is 1.97. The van der Waals surface area contributed by atoms with Crippen molar-refractivity contribution in [3.63, 3.8) is 0 Å². The van der Waals surface area contributed by atoms with E-state index in [1.807, 2.05) is 43.3 Å². The number of hydrogen-bond acceptors (Lipinski definition) is 2. The molecule has 3 rings (SSSR count). The van der Waals surface area contributed by atoms with Crippen LogP contribution in [0.5, 0.6) is 0 Å². The van der Waals surface area contributed by atoms with E-state index in [0.717, 1.165) is 17.7 Å². The summed E-state index contributed by atoms with van der Waals surface area (Å²) in [6, 6.07) is 18.6. The highest BCUT2D eigenvalue weighted by Gasteiger charge is 2.25. The molecular weight excluding hydrogens is 278 g/mol. The predicted octanol–water partition coefficient (Wildman–Crippen LogP) is 3.97. The fourth-order valence-electron chi connectivity index (χ4n) is 2.75. The summed E-state index contributed by atoms with van der Waals surface area (Å²) in [5, 5.41) is 3.11. The number of benzene rings is 2. The van der Waals surface area contributed by atoms with Crippen LogP contribution >= 0.6 is 11.8 Å². The SMILES string of the molecule is C[C@@H](Sc1ccccc1)C(=O)N[C@@H]1CCc2ccccc21. The van der Waals surface area contributed by atoms with Gasteiger partial charge in [-0.1, -0.05) is 42.5 Å². The number of amides is 1. The first-order chi connectivity index (χ1) is 10.2. The van der Waals surface area contributed by atoms with Crippen molar-refractivity contribution in [2.75, 3.05) is 0 Å². The summed E-state index contributed by atoms with van der Waals surface area (Å²) in [7, 11) is 0. The van der Waals surface area contributed by atoms with Crippen LogP contribution in [0.3, 0.4) is 0 Å². The van der Waals surface area contributed by atoms with Crippen LogP contribution in [0.25, 0.3) is 0 Å². The monoisotopic (exact) mass is 297 g/mol. The molecule has 3 heteroatoms. The van der Waals surface area contributed by atoms with Crippen molar-refractivity contribution in [3.8, 4) is 0 Å². The Hall–Kier alpha value is -1.74. The molecule has 0 fully saturated rings. The molecule has 0 radical (unpaired) electrons. The van der Waals surface area contributed by atoms with Crippen LogP contribution in [0.2, 0.25) is 0 Å². The first-order valence-electron chi connectivity index (χ1n) is 7.34. The number of nitrogens with one attached hydrogen (secondary N) is 1. The van der Waals surface area contributed by atoms with Crippen LogP contribution in [-0.2, 0) is 11.2 Å². The first-order valence-corrected chi connectivity index (χ1v) is 8.22. The fourth-order valence-corrected chi connectivity index (χ4v) is 3.65. The van der Waals surface area contributed by atoms with Crippen LogP contribution in [0.15, 0.2) is 59.5 Å². The first kappa shape index (κ1) is 14.2. The third kappa shape index (κ3) is 3.30. The Balaban J connectivity index is 1.62. The zero-order valence-corrected chi connectivity index (χ0v) is 12.9. The summed E-state index contributed by atoms with van der Waals surface area (Å²) in [6.07, 6.45) is 2.06. The minimum Gasteiger partial charge on any atom is -0.348 e. The van der Waals surface area contributed by atoms with Gasteiger partial charge in [-0.05, 0) is 43.0 Å². The molecule has 0 unspecified atom stereocenters. The van der Waals surface area contributed by atoms with Gasteiger partial charge in [0.25, 0.3) is 0 Å². The molecule has 108 valence electrons. The van der Waals surface area contributed by atoms with E-state index in [-0.39, 0.29) is 17.2 Å². The smallest absolute Gasteiger partial charge is 0.233 e. The molecule has 0 aromatic heterocycles. The Morgan fingerprint density at radius 1 is 1.14 bits per heavy atom. The fraction of sp³-hybridized carbons (Fsp3) is 0.278. The maximum Gasteiger partial charge on any atom is 0.233 e. The van der Waals surface area contributed by atoms with Crippen LogP contribution in [-0.4, -0.2) is 11.2 Å². The van der Waals surface area contributed by atoms with Crippen molar-refractivity contribution in [3.05, 3.63) is 65.7 Å². The molecule has 0 bridgehead atoms. The molecule has 0 saturated heterocycles. The normalized spacial score (nSPS) is 18.0. The lowest BCUT2D eigenvalue weighted by atomic mass is 10.1. The van der Waals surface area contributed by atoms with E-state index in [0.29, 0.717) is 0 Å². The molecule has 0 spiro atoms. The van der Waals surface area contributed by atoms with E-state index in [2.05, 4.69) is 23.5 Å². The molecule has 1 aliphatic rings. The van der Waals surface area contributed by atoms with Gasteiger partial charge < -0.3 is 5.32 Å². The van der Waals surface area contributed by atoms with Crippen LogP contribution in [0.1, 0.15) is 30.5 Å². The average Bonchev–Trinajstić information content (AvgIpc) is 2.91. The number of fused-ring (bicyclic) bond motifs is 1. The van der Waals surface area contributed by atoms with Gasteiger partial charge in [0, 0.05) is 4.90 Å². The van der Waals surface area contributed by atoms with Gasteiger partial charge in [-0.2, -0.15) is 0 Å². The standard InChI is InChI=1S/C18H19NOS/c1-13(21-15-8-3-2-4-9-15)18(20)19-17-12-11-14-7-5-6-10-16(14)17/h2-10,13,17H,11-12H2,1H3,(H,19,20)/t13-,17-/m1/s1. The summed E-state index contributed by atoms with van der Waals surface area (Å²) < 4.78 is 0. The highest BCUT2D eigenvalue weighted by Crippen LogP contribution is 2.31. The number of carbonyl (C=O) groups excluding carboxylic acids is 1. The molecule has 2 atom stereocenters. The Bertz CT molecular complexity index is 626. The second-order valence-electron chi connectivity index (χ2n) is 5.37. The minimum atomic E-state index is -0.0832. The molecule has 0 saturated carbocycles. The third-order valence-electron chi connectivity index (χ3n) is 3.87. The highest BCUT2D eigenvalue weighted by atomic mass is 32.2. The Kier molecular flexibility index (Phi) is 4.30. The van der Waals surface area contributed by atoms with E-state index in [9.17, 15) is 4.79 Å². The van der Waals surface area contributed by atoms with Crippen molar-refractivity contribution in [1.82, 2.24) is 5.32 Å². The van der Waals surface area contributed by atoms with Gasteiger partial charge in [0.15, 0.2) is 0 Å². The van der Waals surface area contributed by atoms with Crippen molar-refractivity contribution in [1.29, 1.82) is 0 Å². The van der Waals surface area contributed by atoms with Crippen molar-refractivity contribution in [2.45, 2.75) is 36.0 Å². The minimum absolute atomic E-state index is 0.0832. The zero-order chi connectivity index (χ0) is 14.7. The topological polar surface area (TPSA) is 29.1 Å². The van der Waals surface area contributed by atoms with Crippen molar-refractivity contribution < 1.29 is 4.79 Å². The molecule has 2 aromatic carbocycles. The van der Waals surface area contributed by atoms with Crippen molar-refractivity contribution in [2.24, 2.45) is 0 Å². The van der Waals surface area contributed by atoms with Gasteiger partial charge in [-0.25, -0.2) is 0 Å². The molecule has 1 aliphatic carbocycles. The van der Waals surface area contributed by atoms with Crippen LogP contribution < -0.4 is 5.32 Å². The summed E-state index contributed by atoms with van der Waals surface area (Å²) in [5.41, 5.74) is 2.65. The molecular formula is C18H19NOS. The molecule has 2 aromatic rings. The predicted molar refractivity (Wildman–Crippen MR) is 87.4 cm³/mol. The van der Waals surface area contributed by atoms with E-state index in [1.54, 1.807) is 11.8 Å². The second-order valence-corrected chi connectivity index (χ2v) is 6.79. The quantitative estimate of drug-likeness (QED) is 0.865. The van der Waals surface area contributed by atoms with Gasteiger partial charge >= 0.3 is 0 Å². The van der Waals surface area contributed by atoms with Gasteiger partial charge in [0.1, 0.15) is 0 Å².